The summed E-state index contributed by atoms with van der Waals surface area (Å²) in [7, 11) is 0. The zero-order valence-electron chi connectivity index (χ0n) is 16.3. The van der Waals surface area contributed by atoms with Crippen LogP contribution in [0.4, 0.5) is 3.89 Å². The Morgan fingerprint density at radius 2 is 1.69 bits per heavy atom. The molecule has 0 radical (unpaired) electrons. The van der Waals surface area contributed by atoms with Crippen molar-refractivity contribution in [2.75, 3.05) is 6.54 Å². The maximum atomic E-state index is 12.7. The number of halogens is 1. The Hall–Kier alpha value is -2.94. The van der Waals surface area contributed by atoms with E-state index in [0.717, 1.165) is 5.56 Å². The summed E-state index contributed by atoms with van der Waals surface area (Å²) >= 11 is 0.0181. The van der Waals surface area contributed by atoms with Gasteiger partial charge in [0.15, 0.2) is 0 Å². The summed E-state index contributed by atoms with van der Waals surface area (Å²) < 4.78 is 22.5. The fourth-order valence-corrected chi connectivity index (χ4v) is 2.74. The van der Waals surface area contributed by atoms with Crippen LogP contribution in [0.15, 0.2) is 47.6 Å². The second kappa shape index (κ2) is 10.6. The summed E-state index contributed by atoms with van der Waals surface area (Å²) in [5, 5.41) is 0.190. The monoisotopic (exact) mass is 420 g/mol. The van der Waals surface area contributed by atoms with Crippen LogP contribution in [-0.4, -0.2) is 34.3 Å². The number of nitrogens with zero attached hydrogens (tertiary/aromatic N) is 2. The Labute approximate surface area is 172 Å². The predicted molar refractivity (Wildman–Crippen MR) is 104 cm³/mol. The van der Waals surface area contributed by atoms with Gasteiger partial charge in [0.25, 0.3) is 12.2 Å². The maximum Gasteiger partial charge on any atom is 0.305 e. The van der Waals surface area contributed by atoms with E-state index in [9.17, 15) is 18.3 Å². The second-order valence-electron chi connectivity index (χ2n) is 6.07. The number of ether oxygens (including phenoxy) is 2. The SMILES string of the molecule is CCN(Cc1ccc(C(OC(C)=O)OC(C)=O)cc1)C(=O)c1ccc(SF)nc1. The first kappa shape index (κ1) is 22.4. The number of carbonyl (C=O) groups excluding carboxylic acids is 3. The molecule has 0 atom stereocenters. The fraction of sp³-hybridized carbons (Fsp3) is 0.300. The standard InChI is InChI=1S/C20H21FN2O5S/c1-4-23(19(26)17-9-10-18(29-21)22-11-17)12-15-5-7-16(8-6-15)20(27-13(2)24)28-14(3)25/h5-11,20H,4,12H2,1-3H3. The summed E-state index contributed by atoms with van der Waals surface area (Å²) in [5.74, 6) is -1.38. The van der Waals surface area contributed by atoms with Crippen LogP contribution in [0.25, 0.3) is 0 Å². The van der Waals surface area contributed by atoms with Crippen molar-refractivity contribution < 1.29 is 27.7 Å². The lowest BCUT2D eigenvalue weighted by atomic mass is 10.1. The summed E-state index contributed by atoms with van der Waals surface area (Å²) in [4.78, 5) is 40.6. The molecule has 7 nitrogen and oxygen atoms in total. The summed E-state index contributed by atoms with van der Waals surface area (Å²) in [6.45, 7) is 5.10. The number of carbonyl (C=O) groups is 3. The molecule has 0 aliphatic heterocycles. The second-order valence-corrected chi connectivity index (χ2v) is 6.65. The third kappa shape index (κ3) is 6.56. The highest BCUT2D eigenvalue weighted by Gasteiger charge is 2.19. The maximum absolute atomic E-state index is 12.7. The molecule has 2 rings (SSSR count). The molecule has 0 unspecified atom stereocenters. The van der Waals surface area contributed by atoms with Crippen molar-refractivity contribution in [1.29, 1.82) is 0 Å². The zero-order valence-corrected chi connectivity index (χ0v) is 17.1. The van der Waals surface area contributed by atoms with Gasteiger partial charge in [0.1, 0.15) is 17.2 Å². The fourth-order valence-electron chi connectivity index (χ4n) is 2.52. The summed E-state index contributed by atoms with van der Waals surface area (Å²) in [5.41, 5.74) is 1.69. The minimum Gasteiger partial charge on any atom is -0.421 e. The van der Waals surface area contributed by atoms with Gasteiger partial charge in [0, 0.05) is 38.7 Å². The van der Waals surface area contributed by atoms with Crippen LogP contribution in [0.5, 0.6) is 0 Å². The number of pyridine rings is 1. The van der Waals surface area contributed by atoms with Gasteiger partial charge in [-0.3, -0.25) is 14.4 Å². The van der Waals surface area contributed by atoms with E-state index in [-0.39, 0.29) is 23.1 Å². The van der Waals surface area contributed by atoms with Crippen molar-refractivity contribution in [2.24, 2.45) is 0 Å². The summed E-state index contributed by atoms with van der Waals surface area (Å²) in [6.07, 6.45) is 0.222. The van der Waals surface area contributed by atoms with Gasteiger partial charge in [-0.2, -0.15) is 3.89 Å². The molecule has 0 bridgehead atoms. The van der Waals surface area contributed by atoms with Gasteiger partial charge < -0.3 is 14.4 Å². The van der Waals surface area contributed by atoms with Crippen molar-refractivity contribution in [3.05, 3.63) is 59.3 Å². The number of amides is 1. The molecule has 1 amide bonds. The molecule has 2 aromatic rings. The van der Waals surface area contributed by atoms with Gasteiger partial charge in [-0.15, -0.1) is 0 Å². The lowest BCUT2D eigenvalue weighted by molar-refractivity contribution is -0.186. The number of esters is 2. The van der Waals surface area contributed by atoms with Crippen LogP contribution < -0.4 is 0 Å². The Bertz CT molecular complexity index is 842. The van der Waals surface area contributed by atoms with Crippen LogP contribution >= 0.6 is 12.1 Å². The third-order valence-corrected chi connectivity index (χ3v) is 4.30. The van der Waals surface area contributed by atoms with Crippen molar-refractivity contribution in [3.8, 4) is 0 Å². The molecule has 0 aliphatic rings. The molecule has 154 valence electrons. The number of rotatable bonds is 8. The highest BCUT2D eigenvalue weighted by Crippen LogP contribution is 2.21. The van der Waals surface area contributed by atoms with Crippen molar-refractivity contribution in [2.45, 2.75) is 38.6 Å². The molecular formula is C20H21FN2O5S. The van der Waals surface area contributed by atoms with E-state index in [2.05, 4.69) is 4.98 Å². The minimum atomic E-state index is -1.12. The smallest absolute Gasteiger partial charge is 0.305 e. The average Bonchev–Trinajstić information content (AvgIpc) is 2.71. The molecule has 1 aromatic heterocycles. The molecule has 0 saturated heterocycles. The topological polar surface area (TPSA) is 85.8 Å². The van der Waals surface area contributed by atoms with Crippen molar-refractivity contribution in [1.82, 2.24) is 9.88 Å². The number of hydrogen-bond acceptors (Lipinski definition) is 7. The molecule has 1 aromatic carbocycles. The number of aromatic nitrogens is 1. The number of benzene rings is 1. The average molecular weight is 420 g/mol. The van der Waals surface area contributed by atoms with Gasteiger partial charge in [-0.1, -0.05) is 24.3 Å². The van der Waals surface area contributed by atoms with Crippen LogP contribution in [0.1, 0.15) is 48.5 Å². The Kier molecular flexibility index (Phi) is 8.14. The highest BCUT2D eigenvalue weighted by atomic mass is 32.2. The van der Waals surface area contributed by atoms with Crippen LogP contribution in [0, 0.1) is 0 Å². The van der Waals surface area contributed by atoms with E-state index < -0.39 is 18.2 Å². The highest BCUT2D eigenvalue weighted by molar-refractivity contribution is 7.94. The summed E-state index contributed by atoms with van der Waals surface area (Å²) in [6, 6.07) is 9.83. The molecule has 29 heavy (non-hydrogen) atoms. The zero-order chi connectivity index (χ0) is 21.4. The molecule has 1 heterocycles. The Morgan fingerprint density at radius 3 is 2.14 bits per heavy atom. The van der Waals surface area contributed by atoms with Crippen molar-refractivity contribution >= 4 is 30.0 Å². The largest absolute Gasteiger partial charge is 0.421 e. The van der Waals surface area contributed by atoms with Crippen LogP contribution in [-0.2, 0) is 25.6 Å². The third-order valence-electron chi connectivity index (χ3n) is 3.90. The van der Waals surface area contributed by atoms with Gasteiger partial charge in [-0.05, 0) is 24.6 Å². The first-order valence-electron chi connectivity index (χ1n) is 8.81. The molecule has 0 fully saturated rings. The minimum absolute atomic E-state index is 0.0181. The molecular weight excluding hydrogens is 399 g/mol. The molecule has 0 saturated carbocycles. The van der Waals surface area contributed by atoms with E-state index in [1.807, 2.05) is 6.92 Å². The molecule has 0 N–H and O–H groups in total. The lowest BCUT2D eigenvalue weighted by Crippen LogP contribution is -2.30. The van der Waals surface area contributed by atoms with Crippen LogP contribution in [0.3, 0.4) is 0 Å². The Balaban J connectivity index is 2.11. The first-order valence-corrected chi connectivity index (χ1v) is 9.53. The van der Waals surface area contributed by atoms with Gasteiger partial charge >= 0.3 is 11.9 Å². The van der Waals surface area contributed by atoms with Gasteiger partial charge in [0.2, 0.25) is 0 Å². The number of hydrogen-bond donors (Lipinski definition) is 0. The predicted octanol–water partition coefficient (Wildman–Crippen LogP) is 3.85. The first-order chi connectivity index (χ1) is 13.8. The lowest BCUT2D eigenvalue weighted by Gasteiger charge is -2.22. The van der Waals surface area contributed by atoms with Crippen molar-refractivity contribution in [3.63, 3.8) is 0 Å². The van der Waals surface area contributed by atoms with E-state index in [4.69, 9.17) is 9.47 Å². The van der Waals surface area contributed by atoms with Crippen LogP contribution in [0.2, 0.25) is 0 Å². The van der Waals surface area contributed by atoms with Gasteiger partial charge in [0.05, 0.1) is 5.56 Å². The van der Waals surface area contributed by atoms with E-state index in [0.29, 0.717) is 24.2 Å². The van der Waals surface area contributed by atoms with Gasteiger partial charge in [-0.25, -0.2) is 4.98 Å². The quantitative estimate of drug-likeness (QED) is 0.474. The van der Waals surface area contributed by atoms with E-state index in [1.54, 1.807) is 29.2 Å². The molecule has 0 spiro atoms. The Morgan fingerprint density at radius 1 is 1.07 bits per heavy atom. The molecule has 9 heteroatoms. The van der Waals surface area contributed by atoms with E-state index >= 15 is 0 Å². The van der Waals surface area contributed by atoms with E-state index in [1.165, 1.54) is 32.2 Å². The normalized spacial score (nSPS) is 10.5. The molecule has 0 aliphatic carbocycles.